The van der Waals surface area contributed by atoms with E-state index in [1.54, 1.807) is 41.7 Å². The van der Waals surface area contributed by atoms with Crippen LogP contribution in [0.4, 0.5) is 4.39 Å². The number of H-pyrrole nitrogens is 1. The predicted octanol–water partition coefficient (Wildman–Crippen LogP) is 4.08. The maximum atomic E-state index is 14.9. The minimum absolute atomic E-state index is 0.108. The molecule has 174 valence electrons. The molecule has 0 saturated carbocycles. The van der Waals surface area contributed by atoms with Crippen molar-refractivity contribution in [3.05, 3.63) is 83.7 Å². The molecule has 34 heavy (non-hydrogen) atoms. The molecule has 1 fully saturated rings. The Hall–Kier alpha value is -3.78. The van der Waals surface area contributed by atoms with Crippen LogP contribution in [-0.4, -0.2) is 44.9 Å². The quantitative estimate of drug-likeness (QED) is 0.453. The topological polar surface area (TPSA) is 97.1 Å². The van der Waals surface area contributed by atoms with Gasteiger partial charge in [-0.1, -0.05) is 6.07 Å². The number of amides is 1. The lowest BCUT2D eigenvalue weighted by atomic mass is 10.00. The van der Waals surface area contributed by atoms with Gasteiger partial charge in [0.2, 0.25) is 5.91 Å². The van der Waals surface area contributed by atoms with E-state index in [4.69, 9.17) is 10.5 Å². The molecule has 0 radical (unpaired) electrons. The molecule has 1 amide bonds. The van der Waals surface area contributed by atoms with E-state index < -0.39 is 11.9 Å². The Morgan fingerprint density at radius 3 is 2.85 bits per heavy atom. The van der Waals surface area contributed by atoms with Crippen LogP contribution in [0.5, 0.6) is 11.5 Å². The van der Waals surface area contributed by atoms with Gasteiger partial charge in [0, 0.05) is 43.8 Å². The molecule has 7 nitrogen and oxygen atoms in total. The largest absolute Gasteiger partial charge is 0.453 e. The molecule has 0 bridgehead atoms. The predicted molar refractivity (Wildman–Crippen MR) is 127 cm³/mol. The lowest BCUT2D eigenvalue weighted by Crippen LogP contribution is -2.43. The van der Waals surface area contributed by atoms with E-state index in [1.165, 1.54) is 11.6 Å². The van der Waals surface area contributed by atoms with Gasteiger partial charge in [0.05, 0.1) is 11.4 Å². The first kappa shape index (κ1) is 22.0. The van der Waals surface area contributed by atoms with Gasteiger partial charge >= 0.3 is 0 Å². The first-order valence-corrected chi connectivity index (χ1v) is 11.3. The van der Waals surface area contributed by atoms with Crippen molar-refractivity contribution in [3.8, 4) is 11.5 Å². The first-order valence-electron chi connectivity index (χ1n) is 11.3. The van der Waals surface area contributed by atoms with Gasteiger partial charge in [0.25, 0.3) is 0 Å². The van der Waals surface area contributed by atoms with Crippen LogP contribution < -0.4 is 10.5 Å². The van der Waals surface area contributed by atoms with Crippen molar-refractivity contribution in [1.82, 2.24) is 19.9 Å². The number of fused-ring (bicyclic) bond motifs is 1. The fraction of sp³-hybridized carbons (Fsp3) is 0.269. The van der Waals surface area contributed by atoms with Crippen LogP contribution >= 0.6 is 0 Å². The van der Waals surface area contributed by atoms with Gasteiger partial charge in [-0.2, -0.15) is 0 Å². The highest BCUT2D eigenvalue weighted by Gasteiger charge is 2.30. The number of carbonyl (C=O) groups excluding carboxylic acids is 1. The summed E-state index contributed by atoms with van der Waals surface area (Å²) in [4.78, 5) is 26.1. The Morgan fingerprint density at radius 2 is 2.06 bits per heavy atom. The summed E-state index contributed by atoms with van der Waals surface area (Å²) in [5.74, 6) is 0.307. The smallest absolute Gasteiger partial charge is 0.239 e. The molecule has 1 aliphatic heterocycles. The second-order valence-electron chi connectivity index (χ2n) is 8.73. The highest BCUT2D eigenvalue weighted by Crippen LogP contribution is 2.32. The number of carbonyl (C=O) groups is 1. The normalized spacial score (nSPS) is 16.7. The summed E-state index contributed by atoms with van der Waals surface area (Å²) in [5.41, 5.74) is 9.70. The highest BCUT2D eigenvalue weighted by atomic mass is 19.1. The van der Waals surface area contributed by atoms with E-state index in [1.807, 2.05) is 25.3 Å². The fourth-order valence-corrected chi connectivity index (χ4v) is 4.58. The van der Waals surface area contributed by atoms with Crippen LogP contribution in [0.15, 0.2) is 61.2 Å². The van der Waals surface area contributed by atoms with Crippen molar-refractivity contribution >= 4 is 16.9 Å². The summed E-state index contributed by atoms with van der Waals surface area (Å²) in [6, 6.07) is 9.65. The van der Waals surface area contributed by atoms with Crippen molar-refractivity contribution in [2.45, 2.75) is 31.7 Å². The van der Waals surface area contributed by atoms with Gasteiger partial charge in [-0.25, -0.2) is 9.37 Å². The van der Waals surface area contributed by atoms with Gasteiger partial charge in [-0.15, -0.1) is 0 Å². The van der Waals surface area contributed by atoms with Crippen molar-refractivity contribution in [2.75, 3.05) is 13.1 Å². The van der Waals surface area contributed by atoms with E-state index in [2.05, 4.69) is 15.0 Å². The van der Waals surface area contributed by atoms with E-state index in [9.17, 15) is 9.18 Å². The second-order valence-corrected chi connectivity index (χ2v) is 8.73. The van der Waals surface area contributed by atoms with Crippen molar-refractivity contribution < 1.29 is 13.9 Å². The summed E-state index contributed by atoms with van der Waals surface area (Å²) in [7, 11) is 0. The molecular weight excluding hydrogens is 433 g/mol. The lowest BCUT2D eigenvalue weighted by molar-refractivity contribution is -0.131. The molecule has 8 heteroatoms. The van der Waals surface area contributed by atoms with Gasteiger partial charge in [0.15, 0.2) is 11.6 Å². The number of halogens is 1. The SMILES string of the molecule is Cc1c[nH]c2nccc(Oc3ccc(CC(N)C(=O)N4CCC(c5ccncc5)C4)cc3F)c12. The number of hydrogen-bond donors (Lipinski definition) is 2. The number of nitrogens with two attached hydrogens (primary N) is 1. The van der Waals surface area contributed by atoms with Crippen molar-refractivity contribution in [2.24, 2.45) is 5.73 Å². The third-order valence-electron chi connectivity index (χ3n) is 6.40. The van der Waals surface area contributed by atoms with Crippen LogP contribution in [0.1, 0.15) is 29.0 Å². The van der Waals surface area contributed by atoms with Crippen molar-refractivity contribution in [3.63, 3.8) is 0 Å². The average molecular weight is 460 g/mol. The molecule has 0 aliphatic carbocycles. The molecule has 4 aromatic rings. The summed E-state index contributed by atoms with van der Waals surface area (Å²) in [6.45, 7) is 3.24. The molecular formula is C26H26FN5O2. The van der Waals surface area contributed by atoms with Gasteiger partial charge in [-0.05, 0) is 66.8 Å². The third kappa shape index (κ3) is 4.36. The van der Waals surface area contributed by atoms with Gasteiger partial charge in [-0.3, -0.25) is 9.78 Å². The Balaban J connectivity index is 1.24. The third-order valence-corrected chi connectivity index (χ3v) is 6.40. The number of hydrogen-bond acceptors (Lipinski definition) is 5. The number of ether oxygens (including phenoxy) is 1. The molecule has 1 aliphatic rings. The van der Waals surface area contributed by atoms with Gasteiger partial charge < -0.3 is 20.4 Å². The van der Waals surface area contributed by atoms with Crippen LogP contribution in [-0.2, 0) is 11.2 Å². The number of likely N-dealkylation sites (tertiary alicyclic amines) is 1. The number of aromatic amines is 1. The van der Waals surface area contributed by atoms with Crippen LogP contribution in [0.2, 0.25) is 0 Å². The maximum absolute atomic E-state index is 14.9. The molecule has 2 atom stereocenters. The zero-order valence-corrected chi connectivity index (χ0v) is 18.9. The molecule has 3 N–H and O–H groups in total. The van der Waals surface area contributed by atoms with Crippen LogP contribution in [0.3, 0.4) is 0 Å². The summed E-state index contributed by atoms with van der Waals surface area (Å²) >= 11 is 0. The van der Waals surface area contributed by atoms with E-state index in [0.717, 1.165) is 17.4 Å². The standard InChI is InChI=1S/C26H26FN5O2/c1-16-14-31-25-24(16)23(6-10-30-25)34-22-3-2-17(12-20(22)27)13-21(28)26(33)32-11-7-19(15-32)18-4-8-29-9-5-18/h2-6,8-10,12,14,19,21H,7,11,13,15,28H2,1H3,(H,30,31). The van der Waals surface area contributed by atoms with Crippen LogP contribution in [0, 0.1) is 12.7 Å². The lowest BCUT2D eigenvalue weighted by Gasteiger charge is -2.21. The second kappa shape index (κ2) is 9.23. The zero-order valence-electron chi connectivity index (χ0n) is 18.9. The maximum Gasteiger partial charge on any atom is 0.239 e. The number of aryl methyl sites for hydroxylation is 1. The summed E-state index contributed by atoms with van der Waals surface area (Å²) < 4.78 is 20.7. The highest BCUT2D eigenvalue weighted by molar-refractivity contribution is 5.86. The first-order chi connectivity index (χ1) is 16.5. The van der Waals surface area contributed by atoms with Crippen molar-refractivity contribution in [1.29, 1.82) is 0 Å². The number of aromatic nitrogens is 3. The summed E-state index contributed by atoms with van der Waals surface area (Å²) in [6.07, 6.45) is 8.13. The zero-order chi connectivity index (χ0) is 23.7. The molecule has 1 aromatic carbocycles. The number of nitrogens with one attached hydrogen (secondary N) is 1. The Labute approximate surface area is 196 Å². The Kier molecular flexibility index (Phi) is 5.98. The summed E-state index contributed by atoms with van der Waals surface area (Å²) in [5, 5.41) is 0.814. The number of benzene rings is 1. The number of rotatable bonds is 6. The molecule has 5 rings (SSSR count). The minimum Gasteiger partial charge on any atom is -0.453 e. The molecule has 4 heterocycles. The Morgan fingerprint density at radius 1 is 1.24 bits per heavy atom. The number of nitrogens with zero attached hydrogens (tertiary/aromatic N) is 3. The molecule has 0 spiro atoms. The average Bonchev–Trinajstić information content (AvgIpc) is 3.49. The number of pyridine rings is 2. The van der Waals surface area contributed by atoms with E-state index in [0.29, 0.717) is 30.0 Å². The molecule has 1 saturated heterocycles. The van der Waals surface area contributed by atoms with Gasteiger partial charge in [0.1, 0.15) is 11.4 Å². The van der Waals surface area contributed by atoms with E-state index >= 15 is 0 Å². The fourth-order valence-electron chi connectivity index (χ4n) is 4.58. The molecule has 2 unspecified atom stereocenters. The molecule has 3 aromatic heterocycles. The minimum atomic E-state index is -0.732. The van der Waals surface area contributed by atoms with E-state index in [-0.39, 0.29) is 24.0 Å². The Bertz CT molecular complexity index is 1320. The monoisotopic (exact) mass is 459 g/mol. The van der Waals surface area contributed by atoms with Crippen LogP contribution in [0.25, 0.3) is 11.0 Å².